The summed E-state index contributed by atoms with van der Waals surface area (Å²) in [5, 5.41) is 3.94. The summed E-state index contributed by atoms with van der Waals surface area (Å²) in [5.41, 5.74) is 0.517. The number of fused-ring (bicyclic) bond motifs is 1. The number of nitrogens with zero attached hydrogens (tertiary/aromatic N) is 2. The maximum absolute atomic E-state index is 13.2. The van der Waals surface area contributed by atoms with Gasteiger partial charge in [0.2, 0.25) is 5.91 Å². The van der Waals surface area contributed by atoms with Gasteiger partial charge in [-0.25, -0.2) is 4.79 Å². The van der Waals surface area contributed by atoms with Crippen molar-refractivity contribution in [3.05, 3.63) is 109 Å². The fourth-order valence-corrected chi connectivity index (χ4v) is 3.77. The van der Waals surface area contributed by atoms with E-state index in [-0.39, 0.29) is 13.1 Å². The highest BCUT2D eigenvalue weighted by atomic mass is 35.5. The van der Waals surface area contributed by atoms with Crippen molar-refractivity contribution in [3.63, 3.8) is 0 Å². The normalized spacial score (nSPS) is 10.9. The van der Waals surface area contributed by atoms with Gasteiger partial charge in [-0.05, 0) is 42.0 Å². The Labute approximate surface area is 187 Å². The summed E-state index contributed by atoms with van der Waals surface area (Å²) in [6, 6.07) is 20.5. The summed E-state index contributed by atoms with van der Waals surface area (Å²) in [7, 11) is 0. The molecule has 0 aliphatic rings. The van der Waals surface area contributed by atoms with E-state index in [9.17, 15) is 14.4 Å². The molecule has 3 aromatic carbocycles. The first-order chi connectivity index (χ1) is 14.9. The average Bonchev–Trinajstić information content (AvgIpc) is 2.76. The summed E-state index contributed by atoms with van der Waals surface area (Å²) in [6.07, 6.45) is 0. The van der Waals surface area contributed by atoms with Gasteiger partial charge in [0.1, 0.15) is 6.54 Å². The highest BCUT2D eigenvalue weighted by Crippen LogP contribution is 2.20. The van der Waals surface area contributed by atoms with Crippen molar-refractivity contribution in [3.8, 4) is 0 Å². The van der Waals surface area contributed by atoms with Crippen LogP contribution in [0, 0.1) is 0 Å². The topological polar surface area (TPSA) is 73.1 Å². The van der Waals surface area contributed by atoms with Crippen molar-refractivity contribution in [2.24, 2.45) is 0 Å². The molecule has 31 heavy (non-hydrogen) atoms. The van der Waals surface area contributed by atoms with Crippen LogP contribution < -0.4 is 16.6 Å². The third kappa shape index (κ3) is 4.40. The fraction of sp³-hybridized carbons (Fsp3) is 0.0870. The van der Waals surface area contributed by atoms with E-state index in [0.29, 0.717) is 32.2 Å². The van der Waals surface area contributed by atoms with Crippen molar-refractivity contribution in [2.45, 2.75) is 13.1 Å². The number of amides is 1. The lowest BCUT2D eigenvalue weighted by atomic mass is 10.2. The zero-order chi connectivity index (χ0) is 22.0. The van der Waals surface area contributed by atoms with E-state index in [2.05, 4.69) is 5.32 Å². The van der Waals surface area contributed by atoms with Gasteiger partial charge in [0.05, 0.1) is 28.2 Å². The number of nitrogens with one attached hydrogen (secondary N) is 1. The smallest absolute Gasteiger partial charge is 0.323 e. The molecule has 8 heteroatoms. The van der Waals surface area contributed by atoms with E-state index in [1.165, 1.54) is 4.57 Å². The molecule has 1 N–H and O–H groups in total. The van der Waals surface area contributed by atoms with Gasteiger partial charge in [0.25, 0.3) is 5.56 Å². The van der Waals surface area contributed by atoms with Crippen molar-refractivity contribution >= 4 is 45.7 Å². The minimum absolute atomic E-state index is 0.0369. The van der Waals surface area contributed by atoms with Gasteiger partial charge in [-0.2, -0.15) is 0 Å². The van der Waals surface area contributed by atoms with E-state index in [1.807, 2.05) is 0 Å². The lowest BCUT2D eigenvalue weighted by molar-refractivity contribution is -0.116. The van der Waals surface area contributed by atoms with Crippen LogP contribution in [0.25, 0.3) is 10.9 Å². The minimum atomic E-state index is -0.585. The van der Waals surface area contributed by atoms with Crippen LogP contribution in [0.5, 0.6) is 0 Å². The molecule has 0 saturated carbocycles. The molecule has 0 radical (unpaired) electrons. The summed E-state index contributed by atoms with van der Waals surface area (Å²) in [6.45, 7) is -0.240. The van der Waals surface area contributed by atoms with Crippen molar-refractivity contribution in [1.82, 2.24) is 9.13 Å². The summed E-state index contributed by atoms with van der Waals surface area (Å²) >= 11 is 12.1. The molecule has 0 aliphatic carbocycles. The van der Waals surface area contributed by atoms with Crippen LogP contribution >= 0.6 is 23.2 Å². The quantitative estimate of drug-likeness (QED) is 0.492. The second-order valence-electron chi connectivity index (χ2n) is 6.94. The van der Waals surface area contributed by atoms with E-state index in [4.69, 9.17) is 23.2 Å². The van der Waals surface area contributed by atoms with Crippen LogP contribution in [-0.4, -0.2) is 15.0 Å². The third-order valence-electron chi connectivity index (χ3n) is 4.81. The van der Waals surface area contributed by atoms with Crippen LogP contribution in [0.15, 0.2) is 82.4 Å². The standard InChI is InChI=1S/C23H17Cl2N3O3/c24-16-7-5-6-15(12-16)13-28-22(30)17-8-1-4-11-20(17)27(23(28)31)14-21(29)26-19-10-3-2-9-18(19)25/h1-12H,13-14H2,(H,26,29). The third-order valence-corrected chi connectivity index (χ3v) is 5.38. The molecule has 156 valence electrons. The maximum atomic E-state index is 13.2. The SMILES string of the molecule is O=C(Cn1c(=O)n(Cc2cccc(Cl)c2)c(=O)c2ccccc21)Nc1ccccc1Cl. The Kier molecular flexibility index (Phi) is 5.93. The molecule has 0 spiro atoms. The number of anilines is 1. The van der Waals surface area contributed by atoms with Gasteiger partial charge in [0.15, 0.2) is 0 Å². The Morgan fingerprint density at radius 1 is 0.871 bits per heavy atom. The lowest BCUT2D eigenvalue weighted by Gasteiger charge is -2.14. The number of aromatic nitrogens is 2. The van der Waals surface area contributed by atoms with Gasteiger partial charge in [-0.15, -0.1) is 0 Å². The Morgan fingerprint density at radius 2 is 1.61 bits per heavy atom. The minimum Gasteiger partial charge on any atom is -0.323 e. The number of benzene rings is 3. The molecule has 6 nitrogen and oxygen atoms in total. The molecular formula is C23H17Cl2N3O3. The molecular weight excluding hydrogens is 437 g/mol. The molecule has 0 fully saturated rings. The second kappa shape index (κ2) is 8.79. The van der Waals surface area contributed by atoms with E-state index >= 15 is 0 Å². The van der Waals surface area contributed by atoms with Crippen LogP contribution in [0.4, 0.5) is 5.69 Å². The van der Waals surface area contributed by atoms with Crippen molar-refractivity contribution in [1.29, 1.82) is 0 Å². The molecule has 0 atom stereocenters. The predicted octanol–water partition coefficient (Wildman–Crippen LogP) is 4.16. The van der Waals surface area contributed by atoms with Crippen molar-refractivity contribution in [2.75, 3.05) is 5.32 Å². The molecule has 0 bridgehead atoms. The number of rotatable bonds is 5. The number of hydrogen-bond donors (Lipinski definition) is 1. The molecule has 0 aliphatic heterocycles. The largest absolute Gasteiger partial charge is 0.332 e. The van der Waals surface area contributed by atoms with Crippen molar-refractivity contribution < 1.29 is 4.79 Å². The molecule has 0 saturated heterocycles. The zero-order valence-electron chi connectivity index (χ0n) is 16.2. The highest BCUT2D eigenvalue weighted by Gasteiger charge is 2.16. The Balaban J connectivity index is 1.77. The summed E-state index contributed by atoms with van der Waals surface area (Å²) in [5.74, 6) is -0.437. The summed E-state index contributed by atoms with van der Waals surface area (Å²) in [4.78, 5) is 38.9. The highest BCUT2D eigenvalue weighted by molar-refractivity contribution is 6.33. The lowest BCUT2D eigenvalue weighted by Crippen LogP contribution is -2.42. The van der Waals surface area contributed by atoms with Crippen LogP contribution in [0.2, 0.25) is 10.0 Å². The number of carbonyl (C=O) groups is 1. The average molecular weight is 454 g/mol. The fourth-order valence-electron chi connectivity index (χ4n) is 3.38. The Hall–Kier alpha value is -3.35. The van der Waals surface area contributed by atoms with Crippen LogP contribution in [0.1, 0.15) is 5.56 Å². The van der Waals surface area contributed by atoms with Crippen LogP contribution in [0.3, 0.4) is 0 Å². The van der Waals surface area contributed by atoms with Crippen LogP contribution in [-0.2, 0) is 17.9 Å². The number of halogens is 2. The molecule has 1 heterocycles. The van der Waals surface area contributed by atoms with E-state index < -0.39 is 17.2 Å². The number of carbonyl (C=O) groups excluding carboxylic acids is 1. The zero-order valence-corrected chi connectivity index (χ0v) is 17.7. The second-order valence-corrected chi connectivity index (χ2v) is 7.78. The van der Waals surface area contributed by atoms with E-state index in [1.54, 1.807) is 72.8 Å². The predicted molar refractivity (Wildman–Crippen MR) is 123 cm³/mol. The monoisotopic (exact) mass is 453 g/mol. The first kappa shape index (κ1) is 20.9. The van der Waals surface area contributed by atoms with E-state index in [0.717, 1.165) is 4.57 Å². The molecule has 4 rings (SSSR count). The van der Waals surface area contributed by atoms with Gasteiger partial charge < -0.3 is 5.32 Å². The Morgan fingerprint density at radius 3 is 2.39 bits per heavy atom. The molecule has 4 aromatic rings. The van der Waals surface area contributed by atoms with Gasteiger partial charge in [-0.3, -0.25) is 18.7 Å². The number of para-hydroxylation sites is 2. The molecule has 1 aromatic heterocycles. The number of hydrogen-bond acceptors (Lipinski definition) is 3. The first-order valence-electron chi connectivity index (χ1n) is 9.45. The maximum Gasteiger partial charge on any atom is 0.332 e. The van der Waals surface area contributed by atoms with Gasteiger partial charge >= 0.3 is 5.69 Å². The van der Waals surface area contributed by atoms with Gasteiger partial charge in [-0.1, -0.05) is 59.6 Å². The molecule has 0 unspecified atom stereocenters. The summed E-state index contributed by atoms with van der Waals surface area (Å²) < 4.78 is 2.39. The Bertz CT molecular complexity index is 1410. The molecule has 1 amide bonds. The first-order valence-corrected chi connectivity index (χ1v) is 10.2. The van der Waals surface area contributed by atoms with Gasteiger partial charge in [0, 0.05) is 5.02 Å².